The Morgan fingerprint density at radius 3 is 2.29 bits per heavy atom. The van der Waals surface area contributed by atoms with Gasteiger partial charge in [0.05, 0.1) is 17.7 Å². The molecule has 0 radical (unpaired) electrons. The number of aromatic amines is 1. The van der Waals surface area contributed by atoms with E-state index in [4.69, 9.17) is 9.72 Å². The number of hydrogen-bond acceptors (Lipinski definition) is 5. The molecule has 0 saturated heterocycles. The number of H-pyrrole nitrogens is 1. The molecule has 0 amide bonds. The fourth-order valence-corrected chi connectivity index (χ4v) is 3.97. The van der Waals surface area contributed by atoms with E-state index in [0.29, 0.717) is 23.3 Å². The third-order valence-electron chi connectivity index (χ3n) is 5.67. The minimum absolute atomic E-state index is 0.0211. The lowest BCUT2D eigenvalue weighted by atomic mass is 10.0. The van der Waals surface area contributed by atoms with E-state index in [1.54, 1.807) is 19.2 Å². The van der Waals surface area contributed by atoms with Crippen LogP contribution in [0.25, 0.3) is 28.0 Å². The average Bonchev–Trinajstić information content (AvgIpc) is 3.23. The molecule has 0 aliphatic rings. The minimum Gasteiger partial charge on any atom is -0.497 e. The van der Waals surface area contributed by atoms with Crippen LogP contribution < -0.4 is 10.3 Å². The van der Waals surface area contributed by atoms with Crippen LogP contribution in [0.3, 0.4) is 0 Å². The van der Waals surface area contributed by atoms with Gasteiger partial charge in [-0.2, -0.15) is 0 Å². The summed E-state index contributed by atoms with van der Waals surface area (Å²) in [4.78, 5) is 28.4. The molecule has 2 aromatic heterocycles. The number of rotatable bonds is 6. The number of non-ortho nitro benzene ring substituents is 1. The van der Waals surface area contributed by atoms with E-state index in [-0.39, 0.29) is 11.2 Å². The molecule has 5 rings (SSSR count). The summed E-state index contributed by atoms with van der Waals surface area (Å²) in [7, 11) is 1.61. The summed E-state index contributed by atoms with van der Waals surface area (Å²) in [5, 5.41) is 14.2. The lowest BCUT2D eigenvalue weighted by Gasteiger charge is -2.07. The highest BCUT2D eigenvalue weighted by Crippen LogP contribution is 2.31. The predicted molar refractivity (Wildman–Crippen MR) is 129 cm³/mol. The second-order valence-corrected chi connectivity index (χ2v) is 7.80. The molecule has 0 aliphatic carbocycles. The van der Waals surface area contributed by atoms with Gasteiger partial charge in [0.1, 0.15) is 5.75 Å². The zero-order valence-electron chi connectivity index (χ0n) is 18.3. The van der Waals surface area contributed by atoms with Crippen molar-refractivity contribution in [1.82, 2.24) is 14.6 Å². The Kier molecular flexibility index (Phi) is 5.39. The van der Waals surface area contributed by atoms with Crippen LogP contribution in [-0.4, -0.2) is 26.6 Å². The van der Waals surface area contributed by atoms with Gasteiger partial charge in [-0.25, -0.2) is 9.50 Å². The summed E-state index contributed by atoms with van der Waals surface area (Å²) in [5.74, 6) is 0.727. The first-order chi connectivity index (χ1) is 16.5. The molecule has 2 heterocycles. The smallest absolute Gasteiger partial charge is 0.273 e. The normalized spacial score (nSPS) is 11.0. The van der Waals surface area contributed by atoms with Gasteiger partial charge < -0.3 is 4.74 Å². The fourth-order valence-electron chi connectivity index (χ4n) is 3.97. The van der Waals surface area contributed by atoms with Crippen LogP contribution in [0.15, 0.2) is 89.7 Å². The molecular weight excluding hydrogens is 432 g/mol. The van der Waals surface area contributed by atoms with Crippen LogP contribution in [0.5, 0.6) is 5.75 Å². The van der Waals surface area contributed by atoms with E-state index in [1.165, 1.54) is 22.7 Å². The van der Waals surface area contributed by atoms with E-state index < -0.39 is 4.92 Å². The van der Waals surface area contributed by atoms with E-state index in [1.807, 2.05) is 54.6 Å². The van der Waals surface area contributed by atoms with Gasteiger partial charge in [0.15, 0.2) is 5.65 Å². The number of nitro benzene ring substituents is 1. The second kappa shape index (κ2) is 8.67. The van der Waals surface area contributed by atoms with Crippen LogP contribution in [0, 0.1) is 10.1 Å². The average molecular weight is 452 g/mol. The lowest BCUT2D eigenvalue weighted by molar-refractivity contribution is -0.384. The molecule has 5 aromatic rings. The molecule has 3 aromatic carbocycles. The maximum Gasteiger partial charge on any atom is 0.273 e. The third kappa shape index (κ3) is 3.93. The zero-order chi connectivity index (χ0) is 23.7. The first-order valence-electron chi connectivity index (χ1n) is 10.6. The first kappa shape index (κ1) is 21.1. The third-order valence-corrected chi connectivity index (χ3v) is 5.67. The maximum atomic E-state index is 13.1. The molecule has 1 N–H and O–H groups in total. The van der Waals surface area contributed by atoms with E-state index in [2.05, 4.69) is 5.10 Å². The number of nitrogens with one attached hydrogen (secondary N) is 1. The van der Waals surface area contributed by atoms with Gasteiger partial charge in [0, 0.05) is 41.4 Å². The number of methoxy groups -OCH3 is 1. The van der Waals surface area contributed by atoms with Crippen molar-refractivity contribution in [2.75, 3.05) is 7.11 Å². The molecule has 0 aliphatic heterocycles. The van der Waals surface area contributed by atoms with E-state index in [0.717, 1.165) is 28.1 Å². The van der Waals surface area contributed by atoms with Gasteiger partial charge in [-0.1, -0.05) is 42.5 Å². The standard InChI is InChI=1S/C26H20N4O4/c1-34-21-13-9-19(10-14-21)25-23(15-17-5-3-2-4-6-17)28-29-24(31)16-22(27-26(25)29)18-7-11-20(12-8-18)30(32)33/h2-14,16,28H,15H2,1H3. The molecule has 0 unspecified atom stereocenters. The Hall–Kier alpha value is -4.72. The molecule has 0 bridgehead atoms. The number of nitrogens with zero attached hydrogens (tertiary/aromatic N) is 3. The monoisotopic (exact) mass is 452 g/mol. The zero-order valence-corrected chi connectivity index (χ0v) is 18.3. The number of ether oxygens (including phenoxy) is 1. The Bertz CT molecular complexity index is 1540. The van der Waals surface area contributed by atoms with Crippen molar-refractivity contribution < 1.29 is 9.66 Å². The number of fused-ring (bicyclic) bond motifs is 1. The van der Waals surface area contributed by atoms with Crippen LogP contribution in [0.2, 0.25) is 0 Å². The van der Waals surface area contributed by atoms with Crippen LogP contribution in [0.1, 0.15) is 11.3 Å². The Morgan fingerprint density at radius 1 is 0.971 bits per heavy atom. The van der Waals surface area contributed by atoms with Crippen molar-refractivity contribution in [3.8, 4) is 28.1 Å². The summed E-state index contributed by atoms with van der Waals surface area (Å²) in [6.07, 6.45) is 0.581. The van der Waals surface area contributed by atoms with Crippen LogP contribution >= 0.6 is 0 Å². The molecule has 8 nitrogen and oxygen atoms in total. The topological polar surface area (TPSA) is 103 Å². The Balaban J connectivity index is 1.70. The molecule has 0 fully saturated rings. The van der Waals surface area contributed by atoms with Gasteiger partial charge >= 0.3 is 0 Å². The predicted octanol–water partition coefficient (Wildman–Crippen LogP) is 4.86. The second-order valence-electron chi connectivity index (χ2n) is 7.80. The highest BCUT2D eigenvalue weighted by Gasteiger charge is 2.18. The Morgan fingerprint density at radius 2 is 1.65 bits per heavy atom. The molecule has 0 spiro atoms. The van der Waals surface area contributed by atoms with Crippen LogP contribution in [-0.2, 0) is 6.42 Å². The molecule has 168 valence electrons. The van der Waals surface area contributed by atoms with Crippen LogP contribution in [0.4, 0.5) is 5.69 Å². The van der Waals surface area contributed by atoms with E-state index in [9.17, 15) is 14.9 Å². The Labute approximate surface area is 194 Å². The summed E-state index contributed by atoms with van der Waals surface area (Å²) < 4.78 is 6.73. The number of aromatic nitrogens is 3. The van der Waals surface area contributed by atoms with Gasteiger partial charge in [0.25, 0.3) is 11.2 Å². The number of hydrogen-bond donors (Lipinski definition) is 1. The van der Waals surface area contributed by atoms with Crippen molar-refractivity contribution in [2.24, 2.45) is 0 Å². The molecule has 34 heavy (non-hydrogen) atoms. The largest absolute Gasteiger partial charge is 0.497 e. The highest BCUT2D eigenvalue weighted by atomic mass is 16.6. The molecular formula is C26H20N4O4. The van der Waals surface area contributed by atoms with E-state index >= 15 is 0 Å². The van der Waals surface area contributed by atoms with Gasteiger partial charge in [-0.05, 0) is 35.4 Å². The maximum absolute atomic E-state index is 13.1. The van der Waals surface area contributed by atoms with Gasteiger partial charge in [-0.15, -0.1) is 0 Å². The van der Waals surface area contributed by atoms with Crippen molar-refractivity contribution in [3.63, 3.8) is 0 Å². The highest BCUT2D eigenvalue weighted by molar-refractivity contribution is 5.82. The van der Waals surface area contributed by atoms with Crippen molar-refractivity contribution in [1.29, 1.82) is 0 Å². The molecule has 0 atom stereocenters. The minimum atomic E-state index is -0.459. The molecule has 8 heteroatoms. The molecule has 0 saturated carbocycles. The summed E-state index contributed by atoms with van der Waals surface area (Å²) in [5.41, 5.74) is 4.90. The fraction of sp³-hybridized carbons (Fsp3) is 0.0769. The van der Waals surface area contributed by atoms with Gasteiger partial charge in [0.2, 0.25) is 0 Å². The van der Waals surface area contributed by atoms with Crippen molar-refractivity contribution >= 4 is 11.3 Å². The SMILES string of the molecule is COc1ccc(-c2c(Cc3ccccc3)[nH]n3c(=O)cc(-c4ccc([N+](=O)[O-])cc4)nc23)cc1. The van der Waals surface area contributed by atoms with Gasteiger partial charge in [-0.3, -0.25) is 20.0 Å². The number of nitro groups is 1. The quantitative estimate of drug-likeness (QED) is 0.293. The van der Waals surface area contributed by atoms with Crippen molar-refractivity contribution in [2.45, 2.75) is 6.42 Å². The van der Waals surface area contributed by atoms with Crippen molar-refractivity contribution in [3.05, 3.63) is 117 Å². The summed E-state index contributed by atoms with van der Waals surface area (Å²) >= 11 is 0. The summed E-state index contributed by atoms with van der Waals surface area (Å²) in [6, 6.07) is 25.0. The lowest BCUT2D eigenvalue weighted by Crippen LogP contribution is -2.14. The number of benzene rings is 3. The summed E-state index contributed by atoms with van der Waals surface area (Å²) in [6.45, 7) is 0. The first-order valence-corrected chi connectivity index (χ1v) is 10.6.